The molecule has 4 heteroatoms. The van der Waals surface area contributed by atoms with Gasteiger partial charge in [-0.1, -0.05) is 5.16 Å². The zero-order valence-corrected chi connectivity index (χ0v) is 7.13. The molecule has 1 rings (SSSR count). The molecule has 0 aromatic carbocycles. The first-order valence-corrected chi connectivity index (χ1v) is 3.65. The molecule has 1 aliphatic rings. The third-order valence-electron chi connectivity index (χ3n) is 1.71. The highest BCUT2D eigenvalue weighted by Gasteiger charge is 2.13. The summed E-state index contributed by atoms with van der Waals surface area (Å²) in [6.45, 7) is 3.61. The predicted octanol–water partition coefficient (Wildman–Crippen LogP) is 1.60. The number of hydrogen-bond acceptors (Lipinski definition) is 4. The van der Waals surface area contributed by atoms with Gasteiger partial charge in [-0.15, -0.1) is 0 Å². The fraction of sp³-hybridized carbons (Fsp3) is 0.375. The van der Waals surface area contributed by atoms with Crippen molar-refractivity contribution in [3.8, 4) is 0 Å². The molecule has 0 bridgehead atoms. The zero-order valence-electron chi connectivity index (χ0n) is 7.13. The molecule has 0 saturated heterocycles. The second-order valence-electron chi connectivity index (χ2n) is 2.77. The second-order valence-corrected chi connectivity index (χ2v) is 2.77. The van der Waals surface area contributed by atoms with E-state index in [1.54, 1.807) is 13.1 Å². The fourth-order valence-electron chi connectivity index (χ4n) is 0.961. The molecule has 0 aromatic heterocycles. The molecule has 0 fully saturated rings. The van der Waals surface area contributed by atoms with Crippen LogP contribution in [0.2, 0.25) is 0 Å². The van der Waals surface area contributed by atoms with Gasteiger partial charge in [0.15, 0.2) is 0 Å². The highest BCUT2D eigenvalue weighted by Crippen LogP contribution is 2.07. The van der Waals surface area contributed by atoms with Gasteiger partial charge in [0.05, 0.1) is 5.71 Å². The first-order chi connectivity index (χ1) is 5.65. The molecule has 0 amide bonds. The first-order valence-electron chi connectivity index (χ1n) is 3.65. The van der Waals surface area contributed by atoms with Crippen LogP contribution in [-0.2, 0) is 0 Å². The van der Waals surface area contributed by atoms with Gasteiger partial charge in [0.2, 0.25) is 0 Å². The van der Waals surface area contributed by atoms with Crippen molar-refractivity contribution in [3.05, 3.63) is 11.8 Å². The summed E-state index contributed by atoms with van der Waals surface area (Å²) in [7, 11) is 0. The van der Waals surface area contributed by atoms with Crippen molar-refractivity contribution >= 4 is 17.1 Å². The maximum atomic E-state index is 8.59. The summed E-state index contributed by atoms with van der Waals surface area (Å²) in [5, 5.41) is 19.2. The van der Waals surface area contributed by atoms with Gasteiger partial charge < -0.3 is 5.21 Å². The van der Waals surface area contributed by atoms with Gasteiger partial charge in [-0.25, -0.2) is 0 Å². The molecule has 0 unspecified atom stereocenters. The molecule has 64 valence electrons. The van der Waals surface area contributed by atoms with Crippen LogP contribution < -0.4 is 0 Å². The van der Waals surface area contributed by atoms with Crippen LogP contribution >= 0.6 is 0 Å². The average Bonchev–Trinajstić information content (AvgIpc) is 2.18. The monoisotopic (exact) mass is 165 g/mol. The largest absolute Gasteiger partial charge is 0.411 e. The lowest BCUT2D eigenvalue weighted by molar-refractivity contribution is 0.319. The van der Waals surface area contributed by atoms with Gasteiger partial charge in [0.25, 0.3) is 0 Å². The van der Waals surface area contributed by atoms with Crippen molar-refractivity contribution in [1.82, 2.24) is 0 Å². The lowest BCUT2D eigenvalue weighted by Crippen LogP contribution is -2.15. The zero-order chi connectivity index (χ0) is 9.14. The Hall–Kier alpha value is -1.45. The quantitative estimate of drug-likeness (QED) is 0.415. The minimum atomic E-state index is 0.262. The van der Waals surface area contributed by atoms with E-state index in [2.05, 4.69) is 10.1 Å². The van der Waals surface area contributed by atoms with Crippen molar-refractivity contribution in [2.45, 2.75) is 20.3 Å². The van der Waals surface area contributed by atoms with E-state index in [1.165, 1.54) is 0 Å². The van der Waals surface area contributed by atoms with E-state index in [1.807, 2.05) is 6.92 Å². The molecule has 0 spiro atoms. The topological polar surface area (TPSA) is 68.8 Å². The molecule has 1 aliphatic heterocycles. The molecule has 0 saturated carbocycles. The maximum absolute atomic E-state index is 8.59. The molecule has 0 radical (unpaired) electrons. The van der Waals surface area contributed by atoms with Gasteiger partial charge in [0.1, 0.15) is 5.71 Å². The number of hydrogen-bond donors (Lipinski definition) is 2. The smallest absolute Gasteiger partial charge is 0.110 e. The summed E-state index contributed by atoms with van der Waals surface area (Å²) in [6, 6.07) is 0. The summed E-state index contributed by atoms with van der Waals surface area (Å²) >= 11 is 0. The van der Waals surface area contributed by atoms with Crippen LogP contribution in [0.15, 0.2) is 21.9 Å². The molecule has 12 heavy (non-hydrogen) atoms. The van der Waals surface area contributed by atoms with Gasteiger partial charge in [-0.2, -0.15) is 0 Å². The first kappa shape index (κ1) is 8.64. The summed E-state index contributed by atoms with van der Waals surface area (Å²) < 4.78 is 0. The van der Waals surface area contributed by atoms with E-state index >= 15 is 0 Å². The van der Waals surface area contributed by atoms with E-state index in [-0.39, 0.29) is 5.71 Å². The normalized spacial score (nSPS) is 21.8. The Labute approximate surface area is 70.8 Å². The van der Waals surface area contributed by atoms with Crippen LogP contribution in [0.3, 0.4) is 0 Å². The molecule has 0 aromatic rings. The van der Waals surface area contributed by atoms with E-state index in [0.717, 1.165) is 11.3 Å². The molecule has 0 aliphatic carbocycles. The third-order valence-corrected chi connectivity index (χ3v) is 1.71. The Morgan fingerprint density at radius 2 is 2.25 bits per heavy atom. The molecule has 2 N–H and O–H groups in total. The van der Waals surface area contributed by atoms with E-state index in [0.29, 0.717) is 12.1 Å². The van der Waals surface area contributed by atoms with Crippen molar-refractivity contribution in [2.75, 3.05) is 0 Å². The van der Waals surface area contributed by atoms with Gasteiger partial charge >= 0.3 is 0 Å². The number of nitrogens with zero attached hydrogens (tertiary/aromatic N) is 2. The maximum Gasteiger partial charge on any atom is 0.110 e. The summed E-state index contributed by atoms with van der Waals surface area (Å²) in [4.78, 5) is 4.08. The summed E-state index contributed by atoms with van der Waals surface area (Å²) in [5.74, 6) is 0. The SMILES string of the molecule is CC1=CN=C(C)C/C(=N/O)C1=N. The molecular weight excluding hydrogens is 154 g/mol. The molecule has 1 heterocycles. The number of oxime groups is 1. The lowest BCUT2D eigenvalue weighted by atomic mass is 10.1. The highest BCUT2D eigenvalue weighted by molar-refractivity contribution is 6.49. The predicted molar refractivity (Wildman–Crippen MR) is 48.4 cm³/mol. The van der Waals surface area contributed by atoms with Crippen LogP contribution in [-0.4, -0.2) is 22.3 Å². The lowest BCUT2D eigenvalue weighted by Gasteiger charge is -2.01. The van der Waals surface area contributed by atoms with Crippen molar-refractivity contribution in [3.63, 3.8) is 0 Å². The van der Waals surface area contributed by atoms with E-state index in [9.17, 15) is 0 Å². The minimum Gasteiger partial charge on any atom is -0.411 e. The van der Waals surface area contributed by atoms with Gasteiger partial charge in [-0.3, -0.25) is 10.4 Å². The van der Waals surface area contributed by atoms with Gasteiger partial charge in [-0.05, 0) is 19.4 Å². The highest BCUT2D eigenvalue weighted by atomic mass is 16.4. The fourth-order valence-corrected chi connectivity index (χ4v) is 0.961. The Kier molecular flexibility index (Phi) is 2.38. The second kappa shape index (κ2) is 3.30. The van der Waals surface area contributed by atoms with Crippen molar-refractivity contribution < 1.29 is 5.21 Å². The van der Waals surface area contributed by atoms with Crippen LogP contribution in [0.4, 0.5) is 0 Å². The Balaban J connectivity index is 3.05. The van der Waals surface area contributed by atoms with Crippen LogP contribution in [0.1, 0.15) is 20.3 Å². The third kappa shape index (κ3) is 1.58. The average molecular weight is 165 g/mol. The van der Waals surface area contributed by atoms with E-state index in [4.69, 9.17) is 10.6 Å². The number of aliphatic imine (C=N–C) groups is 1. The van der Waals surface area contributed by atoms with Crippen molar-refractivity contribution in [1.29, 1.82) is 5.41 Å². The standard InChI is InChI=1S/C8H11N3O/c1-5-4-10-6(2)3-7(11-12)8(5)9/h4,9,12H,3H2,1-2H3/b9-8?,11-7-. The molecule has 4 nitrogen and oxygen atoms in total. The minimum absolute atomic E-state index is 0.262. The van der Waals surface area contributed by atoms with Crippen LogP contribution in [0.5, 0.6) is 0 Å². The van der Waals surface area contributed by atoms with E-state index < -0.39 is 0 Å². The molecular formula is C8H11N3O. The molecule has 0 atom stereocenters. The Morgan fingerprint density at radius 1 is 1.58 bits per heavy atom. The van der Waals surface area contributed by atoms with Crippen molar-refractivity contribution in [2.24, 2.45) is 10.1 Å². The number of rotatable bonds is 0. The van der Waals surface area contributed by atoms with Crippen LogP contribution in [0, 0.1) is 5.41 Å². The Bertz CT molecular complexity index is 299. The number of allylic oxidation sites excluding steroid dienone is 1. The Morgan fingerprint density at radius 3 is 2.83 bits per heavy atom. The van der Waals surface area contributed by atoms with Crippen LogP contribution in [0.25, 0.3) is 0 Å². The van der Waals surface area contributed by atoms with Gasteiger partial charge in [0, 0.05) is 18.3 Å². The summed E-state index contributed by atoms with van der Waals surface area (Å²) in [6.07, 6.45) is 2.07. The number of nitrogens with one attached hydrogen (secondary N) is 1. The summed E-state index contributed by atoms with van der Waals surface area (Å²) in [5.41, 5.74) is 2.21.